The number of aromatic nitrogens is 3. The van der Waals surface area contributed by atoms with Crippen molar-refractivity contribution < 1.29 is 4.79 Å². The predicted octanol–water partition coefficient (Wildman–Crippen LogP) is 3.95. The molecule has 1 saturated heterocycles. The Balaban J connectivity index is 1.84. The summed E-state index contributed by atoms with van der Waals surface area (Å²) in [4.78, 5) is 15.4. The van der Waals surface area contributed by atoms with Gasteiger partial charge in [-0.2, -0.15) is 5.10 Å². The second kappa shape index (κ2) is 7.35. The van der Waals surface area contributed by atoms with Crippen LogP contribution in [0.3, 0.4) is 0 Å². The van der Waals surface area contributed by atoms with E-state index in [0.717, 1.165) is 42.9 Å². The molecule has 2 aromatic rings. The van der Waals surface area contributed by atoms with Gasteiger partial charge in [0.1, 0.15) is 5.82 Å². The Morgan fingerprint density at radius 3 is 2.81 bits per heavy atom. The van der Waals surface area contributed by atoms with E-state index in [1.807, 2.05) is 35.4 Å². The van der Waals surface area contributed by atoms with Crippen LogP contribution >= 0.6 is 12.2 Å². The quantitative estimate of drug-likeness (QED) is 0.827. The highest BCUT2D eigenvalue weighted by molar-refractivity contribution is 7.71. The molecule has 0 aliphatic carbocycles. The maximum Gasteiger partial charge on any atom is 0.232 e. The number of piperidine rings is 1. The van der Waals surface area contributed by atoms with Gasteiger partial charge < -0.3 is 9.47 Å². The molecule has 1 aromatic heterocycles. The molecule has 1 atom stereocenters. The normalized spacial score (nSPS) is 18.2. The van der Waals surface area contributed by atoms with Gasteiger partial charge in [0, 0.05) is 25.6 Å². The van der Waals surface area contributed by atoms with Gasteiger partial charge in [-0.25, -0.2) is 0 Å². The summed E-state index contributed by atoms with van der Waals surface area (Å²) < 4.78 is 2.70. The Kier molecular flexibility index (Phi) is 5.32. The van der Waals surface area contributed by atoms with Crippen LogP contribution in [0.2, 0.25) is 0 Å². The molecule has 5 nitrogen and oxygen atoms in total. The molecular weight excluding hydrogens is 344 g/mol. The number of amides is 1. The SMILES string of the molecule is CCn1c([C@@H]2CCCN(C(=O)C(C)(C)c3ccccc3C)C2)n[nH]c1=S. The monoisotopic (exact) mass is 372 g/mol. The van der Waals surface area contributed by atoms with Crippen LogP contribution in [-0.2, 0) is 16.8 Å². The Bertz CT molecular complexity index is 851. The lowest BCUT2D eigenvalue weighted by Gasteiger charge is -2.38. The van der Waals surface area contributed by atoms with Gasteiger partial charge in [-0.1, -0.05) is 24.3 Å². The lowest BCUT2D eigenvalue weighted by molar-refractivity contribution is -0.137. The number of hydrogen-bond donors (Lipinski definition) is 1. The Labute approximate surface area is 160 Å². The second-order valence-electron chi connectivity index (χ2n) is 7.66. The average molecular weight is 373 g/mol. The first-order valence-electron chi connectivity index (χ1n) is 9.36. The van der Waals surface area contributed by atoms with Crippen LogP contribution in [0.5, 0.6) is 0 Å². The second-order valence-corrected chi connectivity index (χ2v) is 8.05. The fourth-order valence-electron chi connectivity index (χ4n) is 4.10. The summed E-state index contributed by atoms with van der Waals surface area (Å²) in [5.74, 6) is 1.39. The van der Waals surface area contributed by atoms with Crippen molar-refractivity contribution in [3.05, 3.63) is 46.0 Å². The number of rotatable bonds is 4. The van der Waals surface area contributed by atoms with E-state index in [1.54, 1.807) is 0 Å². The van der Waals surface area contributed by atoms with E-state index in [2.05, 4.69) is 36.2 Å². The van der Waals surface area contributed by atoms with Crippen molar-refractivity contribution >= 4 is 18.1 Å². The molecule has 1 amide bonds. The van der Waals surface area contributed by atoms with E-state index in [0.29, 0.717) is 11.3 Å². The first-order chi connectivity index (χ1) is 12.4. The molecule has 1 N–H and O–H groups in total. The smallest absolute Gasteiger partial charge is 0.232 e. The van der Waals surface area contributed by atoms with Crippen molar-refractivity contribution in [1.82, 2.24) is 19.7 Å². The number of H-pyrrole nitrogens is 1. The lowest BCUT2D eigenvalue weighted by atomic mass is 9.80. The van der Waals surface area contributed by atoms with Crippen LogP contribution in [0.4, 0.5) is 0 Å². The van der Waals surface area contributed by atoms with Crippen LogP contribution in [0.1, 0.15) is 56.5 Å². The van der Waals surface area contributed by atoms with Gasteiger partial charge in [0.2, 0.25) is 5.91 Å². The van der Waals surface area contributed by atoms with Crippen LogP contribution < -0.4 is 0 Å². The molecule has 1 aromatic carbocycles. The molecule has 1 aliphatic rings. The maximum absolute atomic E-state index is 13.4. The highest BCUT2D eigenvalue weighted by Crippen LogP contribution is 2.32. The van der Waals surface area contributed by atoms with Crippen molar-refractivity contribution in [1.29, 1.82) is 0 Å². The maximum atomic E-state index is 13.4. The van der Waals surface area contributed by atoms with Gasteiger partial charge in [-0.05, 0) is 63.9 Å². The summed E-state index contributed by atoms with van der Waals surface area (Å²) in [7, 11) is 0. The first kappa shape index (κ1) is 18.8. The molecule has 26 heavy (non-hydrogen) atoms. The largest absolute Gasteiger partial charge is 0.341 e. The molecule has 0 unspecified atom stereocenters. The summed E-state index contributed by atoms with van der Waals surface area (Å²) in [5.41, 5.74) is 1.72. The summed E-state index contributed by atoms with van der Waals surface area (Å²) in [6.45, 7) is 10.5. The summed E-state index contributed by atoms with van der Waals surface area (Å²) in [6.07, 6.45) is 2.03. The average Bonchev–Trinajstić information content (AvgIpc) is 3.02. The standard InChI is InChI=1S/C20H28N4OS/c1-5-24-17(21-22-19(24)26)15-10-8-12-23(13-15)18(25)20(3,4)16-11-7-6-9-14(16)2/h6-7,9,11,15H,5,8,10,12-13H2,1-4H3,(H,22,26)/t15-/m1/s1. The van der Waals surface area contributed by atoms with Crippen LogP contribution in [0.15, 0.2) is 24.3 Å². The molecule has 6 heteroatoms. The minimum atomic E-state index is -0.539. The summed E-state index contributed by atoms with van der Waals surface area (Å²) >= 11 is 5.32. The summed E-state index contributed by atoms with van der Waals surface area (Å²) in [5, 5.41) is 7.35. The third kappa shape index (κ3) is 3.34. The molecule has 0 saturated carbocycles. The Morgan fingerprint density at radius 2 is 2.12 bits per heavy atom. The zero-order chi connectivity index (χ0) is 18.9. The van der Waals surface area contributed by atoms with Crippen molar-refractivity contribution in [3.63, 3.8) is 0 Å². The number of hydrogen-bond acceptors (Lipinski definition) is 3. The highest BCUT2D eigenvalue weighted by Gasteiger charge is 2.37. The topological polar surface area (TPSA) is 53.9 Å². The Hall–Kier alpha value is -1.95. The van der Waals surface area contributed by atoms with Crippen molar-refractivity contribution in [2.24, 2.45) is 0 Å². The number of nitrogens with zero attached hydrogens (tertiary/aromatic N) is 3. The molecule has 0 radical (unpaired) electrons. The molecule has 0 bridgehead atoms. The number of aromatic amines is 1. The van der Waals surface area contributed by atoms with Crippen LogP contribution in [0.25, 0.3) is 0 Å². The van der Waals surface area contributed by atoms with E-state index in [1.165, 1.54) is 0 Å². The molecule has 2 heterocycles. The highest BCUT2D eigenvalue weighted by atomic mass is 32.1. The van der Waals surface area contributed by atoms with Gasteiger partial charge >= 0.3 is 0 Å². The van der Waals surface area contributed by atoms with Crippen LogP contribution in [-0.4, -0.2) is 38.7 Å². The first-order valence-corrected chi connectivity index (χ1v) is 9.77. The van der Waals surface area contributed by atoms with Crippen molar-refractivity contribution in [2.45, 2.75) is 58.4 Å². The van der Waals surface area contributed by atoms with Gasteiger partial charge in [-0.15, -0.1) is 0 Å². The number of carbonyl (C=O) groups excluding carboxylic acids is 1. The zero-order valence-corrected chi connectivity index (χ0v) is 16.9. The molecule has 1 fully saturated rings. The zero-order valence-electron chi connectivity index (χ0n) is 16.1. The predicted molar refractivity (Wildman–Crippen MR) is 106 cm³/mol. The van der Waals surface area contributed by atoms with Gasteiger partial charge in [-0.3, -0.25) is 9.89 Å². The number of likely N-dealkylation sites (tertiary alicyclic amines) is 1. The molecule has 140 valence electrons. The van der Waals surface area contributed by atoms with Crippen molar-refractivity contribution in [2.75, 3.05) is 13.1 Å². The van der Waals surface area contributed by atoms with Crippen molar-refractivity contribution in [3.8, 4) is 0 Å². The van der Waals surface area contributed by atoms with Gasteiger partial charge in [0.25, 0.3) is 0 Å². The van der Waals surface area contributed by atoms with E-state index in [4.69, 9.17) is 12.2 Å². The van der Waals surface area contributed by atoms with Gasteiger partial charge in [0.05, 0.1) is 5.41 Å². The Morgan fingerprint density at radius 1 is 1.38 bits per heavy atom. The van der Waals surface area contributed by atoms with E-state index >= 15 is 0 Å². The number of aryl methyl sites for hydroxylation is 1. The number of benzene rings is 1. The lowest BCUT2D eigenvalue weighted by Crippen LogP contribution is -2.48. The molecular formula is C20H28N4OS. The third-order valence-electron chi connectivity index (χ3n) is 5.53. The van der Waals surface area contributed by atoms with E-state index in [-0.39, 0.29) is 11.8 Å². The molecule has 1 aliphatic heterocycles. The van der Waals surface area contributed by atoms with Crippen LogP contribution in [0, 0.1) is 11.7 Å². The van der Waals surface area contributed by atoms with E-state index in [9.17, 15) is 4.79 Å². The summed E-state index contributed by atoms with van der Waals surface area (Å²) in [6, 6.07) is 8.17. The molecule has 3 rings (SSSR count). The number of carbonyl (C=O) groups is 1. The molecule has 0 spiro atoms. The number of nitrogens with one attached hydrogen (secondary N) is 1. The fraction of sp³-hybridized carbons (Fsp3) is 0.550. The minimum absolute atomic E-state index is 0.189. The van der Waals surface area contributed by atoms with E-state index < -0.39 is 5.41 Å². The minimum Gasteiger partial charge on any atom is -0.341 e. The fourth-order valence-corrected chi connectivity index (χ4v) is 4.37. The third-order valence-corrected chi connectivity index (χ3v) is 5.84. The van der Waals surface area contributed by atoms with Gasteiger partial charge in [0.15, 0.2) is 4.77 Å².